The third kappa shape index (κ3) is 3.39. The first kappa shape index (κ1) is 13.8. The lowest BCUT2D eigenvalue weighted by Gasteiger charge is -2.12. The summed E-state index contributed by atoms with van der Waals surface area (Å²) in [7, 11) is 0. The maximum Gasteiger partial charge on any atom is 0.362 e. The summed E-state index contributed by atoms with van der Waals surface area (Å²) < 4.78 is 4.44. The van der Waals surface area contributed by atoms with Crippen molar-refractivity contribution in [2.75, 3.05) is 0 Å². The van der Waals surface area contributed by atoms with Gasteiger partial charge in [-0.2, -0.15) is 0 Å². The summed E-state index contributed by atoms with van der Waals surface area (Å²) in [4.78, 5) is 48.6. The Morgan fingerprint density at radius 1 is 1.28 bits per heavy atom. The molecule has 0 radical (unpaired) electrons. The van der Waals surface area contributed by atoms with E-state index < -0.39 is 34.9 Å². The first-order valence-electron chi connectivity index (χ1n) is 5.16. The molecule has 18 heavy (non-hydrogen) atoms. The van der Waals surface area contributed by atoms with Crippen LogP contribution in [-0.4, -0.2) is 27.9 Å². The fraction of sp³-hybridized carbons (Fsp3) is 0.400. The van der Waals surface area contributed by atoms with Gasteiger partial charge in [0, 0.05) is 6.07 Å². The normalized spacial score (nSPS) is 12.2. The van der Waals surface area contributed by atoms with E-state index in [4.69, 9.17) is 5.73 Å². The maximum absolute atomic E-state index is 11.5. The van der Waals surface area contributed by atoms with E-state index in [-0.39, 0.29) is 5.92 Å². The molecule has 98 valence electrons. The second-order valence-electron chi connectivity index (χ2n) is 3.98. The van der Waals surface area contributed by atoms with Crippen LogP contribution in [0.4, 0.5) is 0 Å². The van der Waals surface area contributed by atoms with Gasteiger partial charge in [-0.15, -0.1) is 0 Å². The van der Waals surface area contributed by atoms with E-state index in [0.717, 1.165) is 6.07 Å². The molecule has 0 spiro atoms. The van der Waals surface area contributed by atoms with Gasteiger partial charge in [0.05, 0.1) is 0 Å². The van der Waals surface area contributed by atoms with Gasteiger partial charge in [-0.25, -0.2) is 14.4 Å². The number of esters is 2. The molecule has 0 saturated carbocycles. The molecule has 0 unspecified atom stereocenters. The fourth-order valence-electron chi connectivity index (χ4n) is 1.07. The molecular formula is C10H13N3O5. The average molecular weight is 255 g/mol. The van der Waals surface area contributed by atoms with E-state index in [2.05, 4.69) is 4.74 Å². The van der Waals surface area contributed by atoms with Crippen molar-refractivity contribution in [2.24, 2.45) is 11.7 Å². The van der Waals surface area contributed by atoms with Crippen molar-refractivity contribution >= 4 is 11.9 Å². The first-order valence-corrected chi connectivity index (χ1v) is 5.16. The van der Waals surface area contributed by atoms with Gasteiger partial charge >= 0.3 is 17.6 Å². The van der Waals surface area contributed by atoms with Gasteiger partial charge in [0.2, 0.25) is 0 Å². The number of carbonyl (C=O) groups is 2. The number of aromatic nitrogens is 2. The topological polar surface area (TPSA) is 135 Å². The molecular weight excluding hydrogens is 242 g/mol. The molecule has 1 aromatic heterocycles. The van der Waals surface area contributed by atoms with Crippen LogP contribution in [0.5, 0.6) is 0 Å². The van der Waals surface area contributed by atoms with Crippen LogP contribution in [0, 0.1) is 5.92 Å². The molecule has 0 aliphatic rings. The van der Waals surface area contributed by atoms with E-state index in [0.29, 0.717) is 0 Å². The van der Waals surface area contributed by atoms with Gasteiger partial charge in [-0.05, 0) is 5.92 Å². The number of ether oxygens (including phenoxy) is 1. The van der Waals surface area contributed by atoms with Crippen LogP contribution in [0.25, 0.3) is 0 Å². The van der Waals surface area contributed by atoms with E-state index in [1.807, 2.05) is 9.97 Å². The highest BCUT2D eigenvalue weighted by atomic mass is 16.6. The van der Waals surface area contributed by atoms with Crippen molar-refractivity contribution in [2.45, 2.75) is 19.9 Å². The Hall–Kier alpha value is -2.22. The van der Waals surface area contributed by atoms with E-state index in [9.17, 15) is 19.2 Å². The SMILES string of the molecule is CC(C)[C@H](N)C(=O)OC(=O)c1cc(=O)[nH]c(=O)[nH]1. The molecule has 8 nitrogen and oxygen atoms in total. The van der Waals surface area contributed by atoms with Crippen LogP contribution in [0.15, 0.2) is 15.7 Å². The summed E-state index contributed by atoms with van der Waals surface area (Å²) >= 11 is 0. The first-order chi connectivity index (χ1) is 8.31. The highest BCUT2D eigenvalue weighted by Crippen LogP contribution is 2.02. The predicted molar refractivity (Wildman–Crippen MR) is 60.9 cm³/mol. The molecule has 0 bridgehead atoms. The Morgan fingerprint density at radius 2 is 1.89 bits per heavy atom. The van der Waals surface area contributed by atoms with Crippen LogP contribution in [-0.2, 0) is 9.53 Å². The fourth-order valence-corrected chi connectivity index (χ4v) is 1.07. The predicted octanol–water partition coefficient (Wildman–Crippen LogP) is -1.27. The zero-order valence-corrected chi connectivity index (χ0v) is 9.85. The Balaban J connectivity index is 2.86. The van der Waals surface area contributed by atoms with Gasteiger partial charge in [0.1, 0.15) is 11.7 Å². The number of hydrogen-bond donors (Lipinski definition) is 3. The second kappa shape index (κ2) is 5.41. The smallest absolute Gasteiger partial charge is 0.362 e. The molecule has 0 amide bonds. The molecule has 8 heteroatoms. The van der Waals surface area contributed by atoms with Crippen molar-refractivity contribution in [1.82, 2.24) is 9.97 Å². The van der Waals surface area contributed by atoms with E-state index >= 15 is 0 Å². The standard InChI is InChI=1S/C10H13N3O5/c1-4(2)7(11)9(16)18-8(15)5-3-6(14)13-10(17)12-5/h3-4,7H,11H2,1-2H3,(H2,12,13,14,17)/t7-/m0/s1. The summed E-state index contributed by atoms with van der Waals surface area (Å²) in [5, 5.41) is 0. The highest BCUT2D eigenvalue weighted by molar-refractivity contribution is 5.96. The Labute approximate surface area is 101 Å². The molecule has 0 aliphatic heterocycles. The quantitative estimate of drug-likeness (QED) is 0.455. The van der Waals surface area contributed by atoms with Crippen LogP contribution in [0.2, 0.25) is 0 Å². The molecule has 1 aromatic rings. The minimum absolute atomic E-state index is 0.205. The van der Waals surface area contributed by atoms with Crippen LogP contribution < -0.4 is 17.0 Å². The van der Waals surface area contributed by atoms with Crippen LogP contribution in [0.1, 0.15) is 24.3 Å². The number of nitrogens with one attached hydrogen (secondary N) is 2. The van der Waals surface area contributed by atoms with Crippen molar-refractivity contribution in [3.05, 3.63) is 32.6 Å². The zero-order chi connectivity index (χ0) is 13.9. The molecule has 0 aliphatic carbocycles. The van der Waals surface area contributed by atoms with E-state index in [1.165, 1.54) is 0 Å². The maximum atomic E-state index is 11.5. The number of carbonyl (C=O) groups excluding carboxylic acids is 2. The monoisotopic (exact) mass is 255 g/mol. The number of hydrogen-bond acceptors (Lipinski definition) is 6. The number of H-pyrrole nitrogens is 2. The summed E-state index contributed by atoms with van der Waals surface area (Å²) in [5.74, 6) is -2.25. The largest absolute Gasteiger partial charge is 0.387 e. The van der Waals surface area contributed by atoms with Gasteiger partial charge in [-0.3, -0.25) is 9.78 Å². The summed E-state index contributed by atoms with van der Waals surface area (Å²) in [5.41, 5.74) is 3.43. The van der Waals surface area contributed by atoms with Gasteiger partial charge in [-0.1, -0.05) is 13.8 Å². The summed E-state index contributed by atoms with van der Waals surface area (Å²) in [6.45, 7) is 3.37. The Kier molecular flexibility index (Phi) is 4.16. The molecule has 1 atom stereocenters. The van der Waals surface area contributed by atoms with Gasteiger partial charge in [0.15, 0.2) is 0 Å². The van der Waals surface area contributed by atoms with Gasteiger partial charge < -0.3 is 15.5 Å². The third-order valence-corrected chi connectivity index (χ3v) is 2.16. The average Bonchev–Trinajstić information content (AvgIpc) is 2.26. The number of nitrogens with two attached hydrogens (primary N) is 1. The van der Waals surface area contributed by atoms with Gasteiger partial charge in [0.25, 0.3) is 5.56 Å². The summed E-state index contributed by atoms with van der Waals surface area (Å²) in [6.07, 6.45) is 0. The van der Waals surface area contributed by atoms with E-state index in [1.54, 1.807) is 13.8 Å². The minimum atomic E-state index is -1.13. The zero-order valence-electron chi connectivity index (χ0n) is 9.85. The molecule has 0 saturated heterocycles. The lowest BCUT2D eigenvalue weighted by molar-refractivity contribution is -0.140. The highest BCUT2D eigenvalue weighted by Gasteiger charge is 2.23. The molecule has 1 rings (SSSR count). The molecule has 4 N–H and O–H groups in total. The van der Waals surface area contributed by atoms with Crippen molar-refractivity contribution in [3.63, 3.8) is 0 Å². The minimum Gasteiger partial charge on any atom is -0.387 e. The number of rotatable bonds is 3. The Bertz CT molecular complexity index is 543. The van der Waals surface area contributed by atoms with Crippen molar-refractivity contribution in [1.29, 1.82) is 0 Å². The molecule has 1 heterocycles. The molecule has 0 fully saturated rings. The second-order valence-corrected chi connectivity index (χ2v) is 3.98. The Morgan fingerprint density at radius 3 is 2.39 bits per heavy atom. The van der Waals surface area contributed by atoms with Crippen LogP contribution >= 0.6 is 0 Å². The lowest BCUT2D eigenvalue weighted by Crippen LogP contribution is -2.38. The third-order valence-electron chi connectivity index (χ3n) is 2.16. The van der Waals surface area contributed by atoms with Crippen LogP contribution in [0.3, 0.4) is 0 Å². The molecule has 0 aromatic carbocycles. The summed E-state index contributed by atoms with van der Waals surface area (Å²) in [6, 6.07) is -0.138. The lowest BCUT2D eigenvalue weighted by atomic mass is 10.1. The number of aromatic amines is 2. The van der Waals surface area contributed by atoms with Crippen molar-refractivity contribution in [3.8, 4) is 0 Å². The van der Waals surface area contributed by atoms with Crippen molar-refractivity contribution < 1.29 is 14.3 Å².